The average molecular weight is 433 g/mol. The van der Waals surface area contributed by atoms with Crippen LogP contribution in [-0.4, -0.2) is 22.4 Å². The van der Waals surface area contributed by atoms with Crippen molar-refractivity contribution in [2.75, 3.05) is 11.5 Å². The molecule has 156 valence electrons. The van der Waals surface area contributed by atoms with E-state index in [1.807, 2.05) is 55.5 Å². The molecule has 0 fully saturated rings. The molecule has 0 aliphatic rings. The van der Waals surface area contributed by atoms with Crippen LogP contribution in [-0.2, 0) is 6.54 Å². The molecule has 1 aromatic heterocycles. The van der Waals surface area contributed by atoms with Crippen LogP contribution in [0.3, 0.4) is 0 Å². The lowest BCUT2D eigenvalue weighted by molar-refractivity contribution is -0.384. The van der Waals surface area contributed by atoms with Gasteiger partial charge in [-0.3, -0.25) is 19.8 Å². The fourth-order valence-corrected chi connectivity index (χ4v) is 4.15. The molecule has 0 saturated heterocycles. The van der Waals surface area contributed by atoms with Gasteiger partial charge in [-0.05, 0) is 36.8 Å². The van der Waals surface area contributed by atoms with Crippen LogP contribution >= 0.6 is 11.3 Å². The number of hydrogen-bond donors (Lipinski definition) is 0. The van der Waals surface area contributed by atoms with E-state index in [0.717, 1.165) is 10.3 Å². The number of aromatic nitrogens is 1. The van der Waals surface area contributed by atoms with Crippen LogP contribution in [0, 0.1) is 10.1 Å². The van der Waals surface area contributed by atoms with E-state index in [2.05, 4.69) is 0 Å². The number of carbonyl (C=O) groups is 1. The summed E-state index contributed by atoms with van der Waals surface area (Å²) in [5.41, 5.74) is 1.94. The third-order valence-corrected chi connectivity index (χ3v) is 5.70. The summed E-state index contributed by atoms with van der Waals surface area (Å²) in [4.78, 5) is 30.2. The summed E-state index contributed by atoms with van der Waals surface area (Å²) in [6.07, 6.45) is 0. The number of benzene rings is 3. The van der Waals surface area contributed by atoms with Gasteiger partial charge in [-0.1, -0.05) is 47.7 Å². The van der Waals surface area contributed by atoms with E-state index in [4.69, 9.17) is 9.72 Å². The second kappa shape index (κ2) is 8.93. The van der Waals surface area contributed by atoms with Crippen molar-refractivity contribution in [2.45, 2.75) is 13.5 Å². The molecule has 0 saturated carbocycles. The molecule has 0 N–H and O–H groups in total. The molecule has 1 amide bonds. The van der Waals surface area contributed by atoms with Crippen LogP contribution < -0.4 is 9.64 Å². The average Bonchev–Trinajstić information content (AvgIpc) is 3.23. The number of non-ortho nitro benzene ring substituents is 1. The summed E-state index contributed by atoms with van der Waals surface area (Å²) in [6, 6.07) is 20.9. The topological polar surface area (TPSA) is 85.6 Å². The molecule has 0 aliphatic heterocycles. The maximum Gasteiger partial charge on any atom is 0.269 e. The molecule has 4 rings (SSSR count). The molecular formula is C23H19N3O4S. The third-order valence-electron chi connectivity index (χ3n) is 4.66. The summed E-state index contributed by atoms with van der Waals surface area (Å²) in [5, 5.41) is 11.5. The Balaban J connectivity index is 1.75. The second-order valence-electron chi connectivity index (χ2n) is 6.71. The number of nitrogens with zero attached hydrogens (tertiary/aromatic N) is 3. The highest BCUT2D eigenvalue weighted by Gasteiger charge is 2.23. The predicted molar refractivity (Wildman–Crippen MR) is 121 cm³/mol. The summed E-state index contributed by atoms with van der Waals surface area (Å²) in [7, 11) is 0. The number of anilines is 1. The van der Waals surface area contributed by atoms with Crippen molar-refractivity contribution >= 4 is 38.3 Å². The van der Waals surface area contributed by atoms with Crippen LogP contribution in [0.2, 0.25) is 0 Å². The van der Waals surface area contributed by atoms with E-state index >= 15 is 0 Å². The van der Waals surface area contributed by atoms with Gasteiger partial charge in [-0.25, -0.2) is 4.98 Å². The number of rotatable bonds is 7. The van der Waals surface area contributed by atoms with Gasteiger partial charge in [-0.2, -0.15) is 0 Å². The number of hydrogen-bond acceptors (Lipinski definition) is 6. The van der Waals surface area contributed by atoms with Crippen molar-refractivity contribution in [2.24, 2.45) is 0 Å². The SMILES string of the molecule is CCOc1cccc2sc(N(Cc3ccccc3)C(=O)c3ccc([N+](=O)[O-])cc3)nc12. The van der Waals surface area contributed by atoms with Gasteiger partial charge in [0, 0.05) is 17.7 Å². The molecule has 0 unspecified atom stereocenters. The Labute approximate surface area is 182 Å². The first kappa shape index (κ1) is 20.5. The van der Waals surface area contributed by atoms with Crippen LogP contribution in [0.25, 0.3) is 10.2 Å². The fourth-order valence-electron chi connectivity index (χ4n) is 3.17. The van der Waals surface area contributed by atoms with Gasteiger partial charge < -0.3 is 4.74 Å². The monoisotopic (exact) mass is 433 g/mol. The number of fused-ring (bicyclic) bond motifs is 1. The molecule has 0 aliphatic carbocycles. The van der Waals surface area contributed by atoms with Crippen LogP contribution in [0.4, 0.5) is 10.8 Å². The highest BCUT2D eigenvalue weighted by molar-refractivity contribution is 7.22. The standard InChI is InChI=1S/C23H19N3O4S/c1-2-30-19-9-6-10-20-21(19)24-23(31-20)25(15-16-7-4-3-5-8-16)22(27)17-11-13-18(14-12-17)26(28)29/h3-14H,2,15H2,1H3. The number of para-hydroxylation sites is 1. The highest BCUT2D eigenvalue weighted by Crippen LogP contribution is 2.35. The second-order valence-corrected chi connectivity index (χ2v) is 7.72. The Bertz CT molecular complexity index is 1220. The summed E-state index contributed by atoms with van der Waals surface area (Å²) in [5.74, 6) is 0.390. The molecular weight excluding hydrogens is 414 g/mol. The Kier molecular flexibility index (Phi) is 5.90. The van der Waals surface area contributed by atoms with Crippen molar-refractivity contribution in [1.29, 1.82) is 0 Å². The first-order valence-electron chi connectivity index (χ1n) is 9.69. The highest BCUT2D eigenvalue weighted by atomic mass is 32.1. The number of amides is 1. The lowest BCUT2D eigenvalue weighted by atomic mass is 10.1. The van der Waals surface area contributed by atoms with Crippen LogP contribution in [0.1, 0.15) is 22.8 Å². The Morgan fingerprint density at radius 2 is 1.81 bits per heavy atom. The minimum Gasteiger partial charge on any atom is -0.492 e. The molecule has 0 radical (unpaired) electrons. The van der Waals surface area contributed by atoms with Gasteiger partial charge in [0.25, 0.3) is 11.6 Å². The maximum absolute atomic E-state index is 13.4. The zero-order valence-corrected chi connectivity index (χ0v) is 17.5. The van der Waals surface area contributed by atoms with Crippen LogP contribution in [0.15, 0.2) is 72.8 Å². The van der Waals surface area contributed by atoms with E-state index in [9.17, 15) is 14.9 Å². The third kappa shape index (κ3) is 4.39. The van der Waals surface area contributed by atoms with Crippen molar-refractivity contribution in [3.63, 3.8) is 0 Å². The summed E-state index contributed by atoms with van der Waals surface area (Å²) in [6.45, 7) is 2.74. The molecule has 3 aromatic carbocycles. The Morgan fingerprint density at radius 3 is 2.48 bits per heavy atom. The van der Waals surface area contributed by atoms with Crippen molar-refractivity contribution in [1.82, 2.24) is 4.98 Å². The molecule has 0 atom stereocenters. The Morgan fingerprint density at radius 1 is 1.06 bits per heavy atom. The van der Waals surface area contributed by atoms with Gasteiger partial charge in [0.2, 0.25) is 0 Å². The smallest absolute Gasteiger partial charge is 0.269 e. The zero-order chi connectivity index (χ0) is 21.8. The van der Waals surface area contributed by atoms with Crippen molar-refractivity contribution in [3.8, 4) is 5.75 Å². The molecule has 1 heterocycles. The number of ether oxygens (including phenoxy) is 1. The minimum atomic E-state index is -0.487. The Hall–Kier alpha value is -3.78. The fraction of sp³-hybridized carbons (Fsp3) is 0.130. The first-order chi connectivity index (χ1) is 15.1. The van der Waals surface area contributed by atoms with Gasteiger partial charge in [0.1, 0.15) is 11.3 Å². The summed E-state index contributed by atoms with van der Waals surface area (Å²) >= 11 is 1.40. The maximum atomic E-state index is 13.4. The van der Waals surface area contributed by atoms with Gasteiger partial charge in [-0.15, -0.1) is 0 Å². The first-order valence-corrected chi connectivity index (χ1v) is 10.5. The van der Waals surface area contributed by atoms with Gasteiger partial charge >= 0.3 is 0 Å². The zero-order valence-electron chi connectivity index (χ0n) is 16.7. The molecule has 31 heavy (non-hydrogen) atoms. The number of carbonyl (C=O) groups excluding carboxylic acids is 1. The van der Waals surface area contributed by atoms with Gasteiger partial charge in [0.15, 0.2) is 5.13 Å². The molecule has 7 nitrogen and oxygen atoms in total. The van der Waals surface area contributed by atoms with Gasteiger partial charge in [0.05, 0.1) is 22.8 Å². The largest absolute Gasteiger partial charge is 0.492 e. The quantitative estimate of drug-likeness (QED) is 0.286. The van der Waals surface area contributed by atoms with E-state index in [0.29, 0.717) is 35.1 Å². The normalized spacial score (nSPS) is 10.7. The van der Waals surface area contributed by atoms with Crippen LogP contribution in [0.5, 0.6) is 5.75 Å². The lowest BCUT2D eigenvalue weighted by Crippen LogP contribution is -2.30. The molecule has 0 bridgehead atoms. The van der Waals surface area contributed by atoms with E-state index in [-0.39, 0.29) is 11.6 Å². The predicted octanol–water partition coefficient (Wildman–Crippen LogP) is 5.45. The lowest BCUT2D eigenvalue weighted by Gasteiger charge is -2.20. The van der Waals surface area contributed by atoms with E-state index in [1.165, 1.54) is 35.6 Å². The van der Waals surface area contributed by atoms with Crippen molar-refractivity contribution in [3.05, 3.63) is 94.0 Å². The molecule has 4 aromatic rings. The number of nitro benzene ring substituents is 1. The minimum absolute atomic E-state index is 0.0625. The molecule has 0 spiro atoms. The van der Waals surface area contributed by atoms with Crippen molar-refractivity contribution < 1.29 is 14.5 Å². The van der Waals surface area contributed by atoms with E-state index < -0.39 is 4.92 Å². The molecule has 8 heteroatoms. The number of thiazole rings is 1. The number of nitro groups is 1. The summed E-state index contributed by atoms with van der Waals surface area (Å²) < 4.78 is 6.60. The van der Waals surface area contributed by atoms with E-state index in [1.54, 1.807) is 4.90 Å².